The van der Waals surface area contributed by atoms with Crippen molar-refractivity contribution in [1.29, 1.82) is 0 Å². The Morgan fingerprint density at radius 2 is 1.85 bits per heavy atom. The van der Waals surface area contributed by atoms with E-state index in [0.29, 0.717) is 35.2 Å². The van der Waals surface area contributed by atoms with E-state index >= 15 is 0 Å². The van der Waals surface area contributed by atoms with Gasteiger partial charge in [0.15, 0.2) is 5.78 Å². The number of ether oxygens (including phenoxy) is 1. The van der Waals surface area contributed by atoms with E-state index < -0.39 is 5.97 Å². The van der Waals surface area contributed by atoms with Crippen molar-refractivity contribution in [3.05, 3.63) is 35.5 Å². The quantitative estimate of drug-likeness (QED) is 0.317. The van der Waals surface area contributed by atoms with E-state index in [0.717, 1.165) is 12.8 Å². The van der Waals surface area contributed by atoms with E-state index in [2.05, 4.69) is 0 Å². The zero-order valence-electron chi connectivity index (χ0n) is 15.3. The zero-order valence-corrected chi connectivity index (χ0v) is 16.0. The van der Waals surface area contributed by atoms with Gasteiger partial charge in [-0.3, -0.25) is 9.36 Å². The number of carbonyl (C=O) groups excluding carboxylic acids is 3. The van der Waals surface area contributed by atoms with E-state index in [-0.39, 0.29) is 17.4 Å². The number of amides is 1. The van der Waals surface area contributed by atoms with Crippen molar-refractivity contribution in [2.45, 2.75) is 25.7 Å². The Bertz CT molecular complexity index is 826. The second-order valence-electron chi connectivity index (χ2n) is 6.20. The second kappa shape index (κ2) is 8.85. The lowest BCUT2D eigenvalue weighted by Gasteiger charge is -2.11. The summed E-state index contributed by atoms with van der Waals surface area (Å²) in [6, 6.07) is 4.69. The number of benzene rings is 1. The Hall–Kier alpha value is -2.34. The molecule has 0 saturated carbocycles. The molecule has 0 aliphatic heterocycles. The molecule has 1 heterocycles. The van der Waals surface area contributed by atoms with Crippen LogP contribution < -0.4 is 0 Å². The van der Waals surface area contributed by atoms with Crippen molar-refractivity contribution in [3.63, 3.8) is 0 Å². The summed E-state index contributed by atoms with van der Waals surface area (Å²) in [4.78, 5) is 38.8. The lowest BCUT2D eigenvalue weighted by atomic mass is 10.0. The summed E-state index contributed by atoms with van der Waals surface area (Å²) >= 11 is 5.67. The molecule has 2 aromatic rings. The van der Waals surface area contributed by atoms with Crippen LogP contribution in [0.3, 0.4) is 0 Å². The van der Waals surface area contributed by atoms with Gasteiger partial charge >= 0.3 is 12.0 Å². The Labute approximate surface area is 157 Å². The number of fused-ring (bicyclic) bond motifs is 1. The van der Waals surface area contributed by atoms with Gasteiger partial charge in [-0.1, -0.05) is 12.5 Å². The monoisotopic (exact) mass is 378 g/mol. The molecule has 0 spiro atoms. The van der Waals surface area contributed by atoms with Gasteiger partial charge in [-0.05, 0) is 25.0 Å². The maximum absolute atomic E-state index is 12.8. The highest BCUT2D eigenvalue weighted by atomic mass is 35.5. The van der Waals surface area contributed by atoms with E-state index in [9.17, 15) is 14.4 Å². The van der Waals surface area contributed by atoms with Crippen LogP contribution in [0.15, 0.2) is 24.4 Å². The van der Waals surface area contributed by atoms with E-state index in [4.69, 9.17) is 16.3 Å². The molecule has 0 aliphatic rings. The number of halogens is 1. The predicted octanol–water partition coefficient (Wildman–Crippen LogP) is 3.94. The summed E-state index contributed by atoms with van der Waals surface area (Å²) in [6.45, 7) is 0. The summed E-state index contributed by atoms with van der Waals surface area (Å²) in [5, 5.41) is 0.455. The van der Waals surface area contributed by atoms with Crippen molar-refractivity contribution in [2.75, 3.05) is 27.1 Å². The van der Waals surface area contributed by atoms with E-state index in [1.54, 1.807) is 32.3 Å². The highest BCUT2D eigenvalue weighted by Gasteiger charge is 2.23. The maximum Gasteiger partial charge on any atom is 0.338 e. The van der Waals surface area contributed by atoms with Gasteiger partial charge in [-0.15, -0.1) is 11.6 Å². The van der Waals surface area contributed by atoms with Crippen molar-refractivity contribution in [2.24, 2.45) is 0 Å². The Morgan fingerprint density at radius 1 is 1.12 bits per heavy atom. The van der Waals surface area contributed by atoms with Crippen LogP contribution in [0, 0.1) is 0 Å². The van der Waals surface area contributed by atoms with Crippen molar-refractivity contribution in [1.82, 2.24) is 9.47 Å². The number of nitrogens with zero attached hydrogens (tertiary/aromatic N) is 2. The van der Waals surface area contributed by atoms with E-state index in [1.807, 2.05) is 0 Å². The molecule has 0 bridgehead atoms. The molecule has 26 heavy (non-hydrogen) atoms. The summed E-state index contributed by atoms with van der Waals surface area (Å²) < 4.78 is 6.24. The molecule has 6 nitrogen and oxygen atoms in total. The Balaban J connectivity index is 2.55. The molecular weight excluding hydrogens is 356 g/mol. The second-order valence-corrected chi connectivity index (χ2v) is 6.58. The number of hydrogen-bond acceptors (Lipinski definition) is 4. The predicted molar refractivity (Wildman–Crippen MR) is 101 cm³/mol. The first-order valence-electron chi connectivity index (χ1n) is 8.45. The number of rotatable bonds is 7. The minimum atomic E-state index is -0.540. The molecule has 7 heteroatoms. The lowest BCUT2D eigenvalue weighted by Crippen LogP contribution is -2.26. The van der Waals surface area contributed by atoms with Crippen LogP contribution >= 0.6 is 11.6 Å². The van der Waals surface area contributed by atoms with Gasteiger partial charge in [0, 0.05) is 43.5 Å². The molecular formula is C19H23ClN2O4. The highest BCUT2D eigenvalue weighted by Crippen LogP contribution is 2.28. The first-order chi connectivity index (χ1) is 12.4. The number of hydrogen-bond donors (Lipinski definition) is 0. The molecule has 0 unspecified atom stereocenters. The van der Waals surface area contributed by atoms with Gasteiger partial charge in [-0.2, -0.15) is 0 Å². The SMILES string of the molecule is COC(=O)c1cccc2c1c(C(=O)CCCCCCl)cn2C(=O)N(C)C. The number of esters is 1. The van der Waals surface area contributed by atoms with Crippen LogP contribution in [-0.2, 0) is 4.74 Å². The van der Waals surface area contributed by atoms with Crippen LogP contribution in [0.25, 0.3) is 10.9 Å². The summed E-state index contributed by atoms with van der Waals surface area (Å²) in [5.74, 6) is -0.0785. The summed E-state index contributed by atoms with van der Waals surface area (Å²) in [5.41, 5.74) is 1.15. The Morgan fingerprint density at radius 3 is 2.46 bits per heavy atom. The lowest BCUT2D eigenvalue weighted by molar-refractivity contribution is 0.0603. The van der Waals surface area contributed by atoms with Crippen LogP contribution in [-0.4, -0.2) is 54.3 Å². The molecule has 1 aromatic heterocycles. The van der Waals surface area contributed by atoms with Gasteiger partial charge in [0.2, 0.25) is 0 Å². The number of aromatic nitrogens is 1. The van der Waals surface area contributed by atoms with Crippen LogP contribution in [0.4, 0.5) is 4.79 Å². The molecule has 2 rings (SSSR count). The standard InChI is InChI=1S/C19H23ClN2O4/c1-21(2)19(25)22-12-14(16(23)10-5-4-6-11-20)17-13(18(24)26-3)8-7-9-15(17)22/h7-9,12H,4-6,10-11H2,1-3H3. The Kier molecular flexibility index (Phi) is 6.80. The number of alkyl halides is 1. The average Bonchev–Trinajstić information content (AvgIpc) is 3.03. The summed E-state index contributed by atoms with van der Waals surface area (Å²) in [7, 11) is 4.55. The van der Waals surface area contributed by atoms with Crippen molar-refractivity contribution in [3.8, 4) is 0 Å². The largest absolute Gasteiger partial charge is 0.465 e. The minimum absolute atomic E-state index is 0.105. The third kappa shape index (κ3) is 4.07. The normalized spacial score (nSPS) is 10.8. The zero-order chi connectivity index (χ0) is 19.3. The van der Waals surface area contributed by atoms with Gasteiger partial charge in [0.25, 0.3) is 0 Å². The van der Waals surface area contributed by atoms with Crippen molar-refractivity contribution < 1.29 is 19.1 Å². The molecule has 1 aromatic carbocycles. The van der Waals surface area contributed by atoms with Crippen molar-refractivity contribution >= 4 is 40.3 Å². The molecule has 0 aliphatic carbocycles. The number of unbranched alkanes of at least 4 members (excludes halogenated alkanes) is 2. The molecule has 140 valence electrons. The topological polar surface area (TPSA) is 68.6 Å². The first kappa shape index (κ1) is 20.0. The molecule has 0 radical (unpaired) electrons. The maximum atomic E-state index is 12.8. The van der Waals surface area contributed by atoms with Gasteiger partial charge in [0.1, 0.15) is 0 Å². The fourth-order valence-corrected chi connectivity index (χ4v) is 3.03. The fourth-order valence-electron chi connectivity index (χ4n) is 2.84. The molecule has 0 fully saturated rings. The van der Waals surface area contributed by atoms with Crippen LogP contribution in [0.1, 0.15) is 46.4 Å². The molecule has 0 atom stereocenters. The van der Waals surface area contributed by atoms with Gasteiger partial charge < -0.3 is 9.64 Å². The van der Waals surface area contributed by atoms with Crippen LogP contribution in [0.2, 0.25) is 0 Å². The molecule has 1 amide bonds. The number of ketones is 1. The molecule has 0 N–H and O–H groups in total. The fraction of sp³-hybridized carbons (Fsp3) is 0.421. The highest BCUT2D eigenvalue weighted by molar-refractivity contribution is 6.18. The third-order valence-electron chi connectivity index (χ3n) is 4.16. The number of carbonyl (C=O) groups is 3. The molecule has 0 saturated heterocycles. The van der Waals surface area contributed by atoms with E-state index in [1.165, 1.54) is 22.8 Å². The smallest absolute Gasteiger partial charge is 0.338 e. The first-order valence-corrected chi connectivity index (χ1v) is 8.99. The number of methoxy groups -OCH3 is 1. The third-order valence-corrected chi connectivity index (χ3v) is 4.43. The van der Waals surface area contributed by atoms with Gasteiger partial charge in [0.05, 0.1) is 18.2 Å². The van der Waals surface area contributed by atoms with Gasteiger partial charge in [-0.25, -0.2) is 9.59 Å². The number of Topliss-reactive ketones (excluding diaryl/α,β-unsaturated/α-hetero) is 1. The summed E-state index contributed by atoms with van der Waals surface area (Å²) in [6.07, 6.45) is 4.27. The van der Waals surface area contributed by atoms with Crippen LogP contribution in [0.5, 0.6) is 0 Å². The average molecular weight is 379 g/mol. The minimum Gasteiger partial charge on any atom is -0.465 e.